The quantitative estimate of drug-likeness (QED) is 0.247. The fourth-order valence-electron chi connectivity index (χ4n) is 5.38. The van der Waals surface area contributed by atoms with Crippen LogP contribution in [-0.2, 0) is 11.8 Å². The number of piperazine rings is 1. The minimum atomic E-state index is -0.582. The molecule has 214 valence electrons. The second-order valence-electron chi connectivity index (χ2n) is 10.3. The van der Waals surface area contributed by atoms with E-state index in [2.05, 4.69) is 31.7 Å². The van der Waals surface area contributed by atoms with Crippen molar-refractivity contribution in [2.75, 3.05) is 23.3 Å². The van der Waals surface area contributed by atoms with E-state index >= 15 is 4.39 Å². The molecule has 0 spiro atoms. The number of carbonyl (C=O) groups excluding carboxylic acids is 1. The summed E-state index contributed by atoms with van der Waals surface area (Å²) in [4.78, 5) is 34.1. The lowest BCUT2D eigenvalue weighted by Gasteiger charge is -2.44. The van der Waals surface area contributed by atoms with Crippen LogP contribution in [0.3, 0.4) is 0 Å². The molecule has 0 aliphatic carbocycles. The second-order valence-corrected chi connectivity index (χ2v) is 10.7. The highest BCUT2D eigenvalue weighted by molar-refractivity contribution is 6.32. The van der Waals surface area contributed by atoms with Gasteiger partial charge in [0.1, 0.15) is 35.0 Å². The molecule has 1 aliphatic rings. The third-order valence-corrected chi connectivity index (χ3v) is 7.63. The van der Waals surface area contributed by atoms with Crippen molar-refractivity contribution in [3.8, 4) is 11.5 Å². The maximum Gasteiger partial charge on any atom is 0.246 e. The van der Waals surface area contributed by atoms with Crippen molar-refractivity contribution in [1.82, 2.24) is 29.4 Å². The Morgan fingerprint density at radius 1 is 1.10 bits per heavy atom. The molecule has 0 unspecified atom stereocenters. The van der Waals surface area contributed by atoms with Gasteiger partial charge in [0.25, 0.3) is 0 Å². The Balaban J connectivity index is 1.26. The number of halogens is 2. The number of pyridine rings is 1. The number of hydrogen-bond donors (Lipinski definition) is 1. The number of amides is 1. The number of aryl methyl sites for hydroxylation is 1. The number of nitrogens with zero attached hydrogens (tertiary/aromatic N) is 7. The summed E-state index contributed by atoms with van der Waals surface area (Å²) in [5.41, 5.74) is 2.87. The third-order valence-electron chi connectivity index (χ3n) is 7.34. The average molecular weight is 587 g/mol. The number of hydrogen-bond acceptors (Lipinski definition) is 8. The Labute approximate surface area is 246 Å². The number of nitrogens with one attached hydrogen (secondary N) is 1. The van der Waals surface area contributed by atoms with Gasteiger partial charge in [-0.1, -0.05) is 18.2 Å². The van der Waals surface area contributed by atoms with E-state index in [1.54, 1.807) is 18.5 Å². The molecule has 0 radical (unpaired) electrons. The zero-order chi connectivity index (χ0) is 29.5. The minimum absolute atomic E-state index is 0.0378. The van der Waals surface area contributed by atoms with E-state index in [1.807, 2.05) is 48.6 Å². The fourth-order valence-corrected chi connectivity index (χ4v) is 5.59. The maximum atomic E-state index is 15.3. The van der Waals surface area contributed by atoms with Crippen LogP contribution in [0.25, 0.3) is 22.1 Å². The summed E-state index contributed by atoms with van der Waals surface area (Å²) in [6.07, 6.45) is 4.45. The number of aromatic nitrogens is 5. The molecular weight excluding hydrogens is 559 g/mol. The molecule has 2 aromatic carbocycles. The molecule has 4 heterocycles. The van der Waals surface area contributed by atoms with Crippen molar-refractivity contribution in [2.24, 2.45) is 7.05 Å². The molecule has 1 saturated heterocycles. The Morgan fingerprint density at radius 2 is 1.88 bits per heavy atom. The van der Waals surface area contributed by atoms with Gasteiger partial charge in [-0.2, -0.15) is 0 Å². The van der Waals surface area contributed by atoms with E-state index < -0.39 is 5.82 Å². The van der Waals surface area contributed by atoms with Gasteiger partial charge in [-0.25, -0.2) is 24.3 Å². The molecule has 42 heavy (non-hydrogen) atoms. The van der Waals surface area contributed by atoms with E-state index in [0.29, 0.717) is 41.5 Å². The lowest BCUT2D eigenvalue weighted by atomic mass is 10.1. The topological polar surface area (TPSA) is 101 Å². The molecule has 2 atom stereocenters. The first-order chi connectivity index (χ1) is 20.2. The van der Waals surface area contributed by atoms with E-state index in [9.17, 15) is 4.79 Å². The van der Waals surface area contributed by atoms with Crippen molar-refractivity contribution in [2.45, 2.75) is 25.9 Å². The predicted molar refractivity (Wildman–Crippen MR) is 161 cm³/mol. The van der Waals surface area contributed by atoms with Crippen LogP contribution in [-0.4, -0.2) is 60.5 Å². The highest BCUT2D eigenvalue weighted by Crippen LogP contribution is 2.36. The number of benzene rings is 2. The van der Waals surface area contributed by atoms with Crippen LogP contribution >= 0.6 is 11.6 Å². The molecule has 3 aromatic heterocycles. The van der Waals surface area contributed by atoms with Crippen LogP contribution in [0.15, 0.2) is 67.8 Å². The van der Waals surface area contributed by atoms with Gasteiger partial charge in [-0.15, -0.1) is 0 Å². The molecule has 0 bridgehead atoms. The summed E-state index contributed by atoms with van der Waals surface area (Å²) >= 11 is 6.52. The maximum absolute atomic E-state index is 15.3. The molecular formula is C30H28ClFN8O2. The molecule has 10 nitrogen and oxygen atoms in total. The largest absolute Gasteiger partial charge is 0.456 e. The van der Waals surface area contributed by atoms with Crippen molar-refractivity contribution in [1.29, 1.82) is 0 Å². The van der Waals surface area contributed by atoms with E-state index in [-0.39, 0.29) is 34.5 Å². The Bertz CT molecular complexity index is 1830. The normalized spacial score (nSPS) is 17.1. The summed E-state index contributed by atoms with van der Waals surface area (Å²) in [5.74, 6) is 1.01. The number of anilines is 3. The first-order valence-electron chi connectivity index (χ1n) is 13.4. The molecule has 1 fully saturated rings. The molecule has 5 aromatic rings. The van der Waals surface area contributed by atoms with Gasteiger partial charge >= 0.3 is 0 Å². The summed E-state index contributed by atoms with van der Waals surface area (Å²) < 4.78 is 23.1. The summed E-state index contributed by atoms with van der Waals surface area (Å²) in [6.45, 7) is 8.81. The molecule has 6 rings (SSSR count). The lowest BCUT2D eigenvalue weighted by molar-refractivity contribution is -0.130. The number of carbonyl (C=O) groups is 1. The molecule has 12 heteroatoms. The van der Waals surface area contributed by atoms with Crippen LogP contribution in [0.1, 0.15) is 13.8 Å². The predicted octanol–water partition coefficient (Wildman–Crippen LogP) is 5.85. The highest BCUT2D eigenvalue weighted by atomic mass is 35.5. The molecule has 1 amide bonds. The summed E-state index contributed by atoms with van der Waals surface area (Å²) in [6, 6.07) is 11.7. The second kappa shape index (κ2) is 10.9. The van der Waals surface area contributed by atoms with Gasteiger partial charge in [-0.05, 0) is 50.3 Å². The first-order valence-corrected chi connectivity index (χ1v) is 13.8. The van der Waals surface area contributed by atoms with Crippen molar-refractivity contribution in [3.63, 3.8) is 0 Å². The van der Waals surface area contributed by atoms with Gasteiger partial charge in [0.2, 0.25) is 5.91 Å². The summed E-state index contributed by atoms with van der Waals surface area (Å²) in [7, 11) is 1.90. The minimum Gasteiger partial charge on any atom is -0.456 e. The van der Waals surface area contributed by atoms with E-state index in [0.717, 1.165) is 11.0 Å². The number of ether oxygens (including phenoxy) is 1. The Hall–Kier alpha value is -4.77. The molecule has 0 saturated carbocycles. The van der Waals surface area contributed by atoms with Gasteiger partial charge in [0.15, 0.2) is 5.82 Å². The number of rotatable bonds is 6. The van der Waals surface area contributed by atoms with Crippen LogP contribution in [0.4, 0.5) is 21.7 Å². The number of imidazole rings is 1. The Kier molecular flexibility index (Phi) is 7.11. The van der Waals surface area contributed by atoms with Crippen LogP contribution in [0.2, 0.25) is 5.02 Å². The van der Waals surface area contributed by atoms with Crippen molar-refractivity contribution < 1.29 is 13.9 Å². The van der Waals surface area contributed by atoms with Crippen molar-refractivity contribution >= 4 is 56.9 Å². The third kappa shape index (κ3) is 5.07. The van der Waals surface area contributed by atoms with E-state index in [1.165, 1.54) is 24.5 Å². The first kappa shape index (κ1) is 27.4. The average Bonchev–Trinajstić information content (AvgIpc) is 3.34. The SMILES string of the molecule is C=CC(=O)N1[C@@H](C)CN(c2ccc3ncnc(Nc4cc(Cl)c(Oc5ccc6c(c5)ncn6C)cc4F)c3n2)C[C@@H]1C. The molecule has 1 aliphatic heterocycles. The van der Waals surface area contributed by atoms with Gasteiger partial charge in [0.05, 0.1) is 33.6 Å². The van der Waals surface area contributed by atoms with Gasteiger partial charge in [-0.3, -0.25) is 4.79 Å². The van der Waals surface area contributed by atoms with Gasteiger partial charge < -0.3 is 24.4 Å². The van der Waals surface area contributed by atoms with Crippen LogP contribution < -0.4 is 15.0 Å². The van der Waals surface area contributed by atoms with Crippen LogP contribution in [0.5, 0.6) is 11.5 Å². The van der Waals surface area contributed by atoms with E-state index in [4.69, 9.17) is 21.3 Å². The highest BCUT2D eigenvalue weighted by Gasteiger charge is 2.32. The van der Waals surface area contributed by atoms with Crippen molar-refractivity contribution in [3.05, 3.63) is 78.6 Å². The van der Waals surface area contributed by atoms with Crippen LogP contribution in [0, 0.1) is 5.82 Å². The number of fused-ring (bicyclic) bond motifs is 2. The zero-order valence-corrected chi connectivity index (χ0v) is 24.0. The lowest BCUT2D eigenvalue weighted by Crippen LogP contribution is -2.58. The summed E-state index contributed by atoms with van der Waals surface area (Å²) in [5, 5.41) is 3.24. The fraction of sp³-hybridized carbons (Fsp3) is 0.233. The smallest absolute Gasteiger partial charge is 0.246 e. The molecule has 1 N–H and O–H groups in total. The Morgan fingerprint density at radius 3 is 2.64 bits per heavy atom. The monoisotopic (exact) mass is 586 g/mol. The van der Waals surface area contributed by atoms with Gasteiger partial charge in [0, 0.05) is 44.4 Å². The zero-order valence-electron chi connectivity index (χ0n) is 23.3. The standard InChI is InChI=1S/C30H28ClFN8O2/c1-5-28(41)40-17(2)13-39(14-18(40)3)27-9-7-22-29(37-27)30(34-15-33-22)36-23-11-20(31)26(12-21(23)32)42-19-6-8-25-24(10-19)35-16-38(25)4/h5-12,15-18H,1,13-14H2,2-4H3,(H,33,34,36)/t17-,18-/m0/s1.